The molecule has 0 saturated carbocycles. The van der Waals surface area contributed by atoms with Crippen LogP contribution in [-0.2, 0) is 4.79 Å². The van der Waals surface area contributed by atoms with Gasteiger partial charge in [-0.15, -0.1) is 6.58 Å². The summed E-state index contributed by atoms with van der Waals surface area (Å²) < 4.78 is 0. The number of rotatable bonds is 7. The number of hydrogen-bond donors (Lipinski definition) is 3. The molecule has 1 amide bonds. The molecule has 2 unspecified atom stereocenters. The van der Waals surface area contributed by atoms with Crippen molar-refractivity contribution in [2.45, 2.75) is 38.3 Å². The van der Waals surface area contributed by atoms with Gasteiger partial charge in [0.15, 0.2) is 0 Å². The Bertz CT molecular complexity index is 183. The van der Waals surface area contributed by atoms with E-state index >= 15 is 0 Å². The van der Waals surface area contributed by atoms with Crippen LogP contribution in [0.2, 0.25) is 0 Å². The number of aliphatic hydroxyl groups is 1. The second kappa shape index (κ2) is 7.53. The number of carbonyl (C=O) groups excluding carboxylic acids is 1. The SMILES string of the molecule is C=CCC(N)C(=O)NC(C)CCCO. The molecule has 4 N–H and O–H groups in total. The Labute approximate surface area is 85.2 Å². The summed E-state index contributed by atoms with van der Waals surface area (Å²) in [7, 11) is 0. The molecule has 0 aromatic rings. The van der Waals surface area contributed by atoms with Gasteiger partial charge in [0.05, 0.1) is 6.04 Å². The number of aliphatic hydroxyl groups excluding tert-OH is 1. The van der Waals surface area contributed by atoms with Crippen molar-refractivity contribution in [1.82, 2.24) is 5.32 Å². The minimum Gasteiger partial charge on any atom is -0.396 e. The second-order valence-electron chi connectivity index (χ2n) is 3.41. The van der Waals surface area contributed by atoms with Gasteiger partial charge in [0.2, 0.25) is 5.91 Å². The van der Waals surface area contributed by atoms with Crippen LogP contribution < -0.4 is 11.1 Å². The van der Waals surface area contributed by atoms with Gasteiger partial charge in [0, 0.05) is 12.6 Å². The van der Waals surface area contributed by atoms with Gasteiger partial charge < -0.3 is 16.2 Å². The molecular formula is C10H20N2O2. The maximum absolute atomic E-state index is 11.4. The van der Waals surface area contributed by atoms with Crippen molar-refractivity contribution in [2.24, 2.45) is 5.73 Å². The van der Waals surface area contributed by atoms with Crippen LogP contribution in [0.25, 0.3) is 0 Å². The van der Waals surface area contributed by atoms with Crippen molar-refractivity contribution < 1.29 is 9.90 Å². The van der Waals surface area contributed by atoms with Crippen molar-refractivity contribution in [3.63, 3.8) is 0 Å². The van der Waals surface area contributed by atoms with Crippen LogP contribution in [0.1, 0.15) is 26.2 Å². The third kappa shape index (κ3) is 5.72. The van der Waals surface area contributed by atoms with E-state index in [2.05, 4.69) is 11.9 Å². The first-order valence-corrected chi connectivity index (χ1v) is 4.89. The van der Waals surface area contributed by atoms with Crippen LogP contribution in [0.4, 0.5) is 0 Å². The van der Waals surface area contributed by atoms with Gasteiger partial charge in [-0.3, -0.25) is 4.79 Å². The van der Waals surface area contributed by atoms with E-state index in [-0.39, 0.29) is 18.6 Å². The van der Waals surface area contributed by atoms with E-state index < -0.39 is 6.04 Å². The van der Waals surface area contributed by atoms with Crippen LogP contribution >= 0.6 is 0 Å². The van der Waals surface area contributed by atoms with Crippen molar-refractivity contribution in [3.8, 4) is 0 Å². The molecule has 4 heteroatoms. The van der Waals surface area contributed by atoms with E-state index in [4.69, 9.17) is 10.8 Å². The number of nitrogens with one attached hydrogen (secondary N) is 1. The highest BCUT2D eigenvalue weighted by atomic mass is 16.2. The standard InChI is InChI=1S/C10H20N2O2/c1-3-5-9(11)10(14)12-8(2)6-4-7-13/h3,8-9,13H,1,4-7,11H2,2H3,(H,12,14). The average molecular weight is 200 g/mol. The first-order valence-electron chi connectivity index (χ1n) is 4.89. The van der Waals surface area contributed by atoms with E-state index in [1.165, 1.54) is 0 Å². The average Bonchev–Trinajstić information content (AvgIpc) is 2.15. The monoisotopic (exact) mass is 200 g/mol. The fourth-order valence-electron chi connectivity index (χ4n) is 1.11. The summed E-state index contributed by atoms with van der Waals surface area (Å²) >= 11 is 0. The van der Waals surface area contributed by atoms with Crippen LogP contribution in [-0.4, -0.2) is 29.7 Å². The molecule has 0 aliphatic heterocycles. The molecule has 0 saturated heterocycles. The van der Waals surface area contributed by atoms with E-state index in [9.17, 15) is 4.79 Å². The molecule has 0 bridgehead atoms. The van der Waals surface area contributed by atoms with Crippen molar-refractivity contribution in [1.29, 1.82) is 0 Å². The highest BCUT2D eigenvalue weighted by molar-refractivity contribution is 5.81. The van der Waals surface area contributed by atoms with Gasteiger partial charge in [0.1, 0.15) is 0 Å². The van der Waals surface area contributed by atoms with Gasteiger partial charge in [-0.25, -0.2) is 0 Å². The highest BCUT2D eigenvalue weighted by Crippen LogP contribution is 1.97. The Morgan fingerprint density at radius 3 is 2.86 bits per heavy atom. The Morgan fingerprint density at radius 1 is 1.71 bits per heavy atom. The number of nitrogens with two attached hydrogens (primary N) is 1. The zero-order valence-electron chi connectivity index (χ0n) is 8.70. The van der Waals surface area contributed by atoms with E-state index in [0.29, 0.717) is 12.8 Å². The lowest BCUT2D eigenvalue weighted by Gasteiger charge is -2.16. The summed E-state index contributed by atoms with van der Waals surface area (Å²) in [4.78, 5) is 11.4. The van der Waals surface area contributed by atoms with Gasteiger partial charge in [-0.2, -0.15) is 0 Å². The predicted molar refractivity (Wildman–Crippen MR) is 56.7 cm³/mol. The molecule has 0 heterocycles. The van der Waals surface area contributed by atoms with E-state index in [1.807, 2.05) is 6.92 Å². The topological polar surface area (TPSA) is 75.4 Å². The molecule has 0 rings (SSSR count). The van der Waals surface area contributed by atoms with Crippen LogP contribution in [0, 0.1) is 0 Å². The van der Waals surface area contributed by atoms with Crippen molar-refractivity contribution >= 4 is 5.91 Å². The van der Waals surface area contributed by atoms with Gasteiger partial charge in [0.25, 0.3) is 0 Å². The number of carbonyl (C=O) groups is 1. The van der Waals surface area contributed by atoms with E-state index in [0.717, 1.165) is 6.42 Å². The summed E-state index contributed by atoms with van der Waals surface area (Å²) in [6, 6.07) is -0.449. The molecule has 0 aliphatic rings. The van der Waals surface area contributed by atoms with Crippen LogP contribution in [0.3, 0.4) is 0 Å². The molecule has 82 valence electrons. The molecule has 0 radical (unpaired) electrons. The number of amides is 1. The zero-order valence-corrected chi connectivity index (χ0v) is 8.70. The first kappa shape index (κ1) is 13.1. The van der Waals surface area contributed by atoms with E-state index in [1.54, 1.807) is 6.08 Å². The smallest absolute Gasteiger partial charge is 0.237 e. The third-order valence-electron chi connectivity index (χ3n) is 1.94. The van der Waals surface area contributed by atoms with Crippen molar-refractivity contribution in [3.05, 3.63) is 12.7 Å². The highest BCUT2D eigenvalue weighted by Gasteiger charge is 2.13. The first-order chi connectivity index (χ1) is 6.61. The minimum absolute atomic E-state index is 0.0607. The molecule has 14 heavy (non-hydrogen) atoms. The lowest BCUT2D eigenvalue weighted by atomic mass is 10.1. The summed E-state index contributed by atoms with van der Waals surface area (Å²) in [6.07, 6.45) is 3.57. The molecule has 0 spiro atoms. The molecule has 0 aliphatic carbocycles. The zero-order chi connectivity index (χ0) is 11.0. The molecule has 2 atom stereocenters. The van der Waals surface area contributed by atoms with Crippen LogP contribution in [0.15, 0.2) is 12.7 Å². The maximum Gasteiger partial charge on any atom is 0.237 e. The third-order valence-corrected chi connectivity index (χ3v) is 1.94. The Balaban J connectivity index is 3.74. The Morgan fingerprint density at radius 2 is 2.36 bits per heavy atom. The molecular weight excluding hydrogens is 180 g/mol. The minimum atomic E-state index is -0.510. The maximum atomic E-state index is 11.4. The fraction of sp³-hybridized carbons (Fsp3) is 0.700. The van der Waals surface area contributed by atoms with Gasteiger partial charge in [-0.05, 0) is 26.2 Å². The summed E-state index contributed by atoms with van der Waals surface area (Å²) in [6.45, 7) is 5.57. The molecule has 0 aromatic heterocycles. The Kier molecular flexibility index (Phi) is 7.06. The summed E-state index contributed by atoms with van der Waals surface area (Å²) in [5, 5.41) is 11.4. The summed E-state index contributed by atoms with van der Waals surface area (Å²) in [5.74, 6) is -0.157. The molecule has 4 nitrogen and oxygen atoms in total. The second-order valence-corrected chi connectivity index (χ2v) is 3.41. The normalized spacial score (nSPS) is 14.5. The quantitative estimate of drug-likeness (QED) is 0.513. The Hall–Kier alpha value is -0.870. The molecule has 0 fully saturated rings. The van der Waals surface area contributed by atoms with Crippen LogP contribution in [0.5, 0.6) is 0 Å². The largest absolute Gasteiger partial charge is 0.396 e. The lowest BCUT2D eigenvalue weighted by Crippen LogP contribution is -2.44. The van der Waals surface area contributed by atoms with Gasteiger partial charge >= 0.3 is 0 Å². The lowest BCUT2D eigenvalue weighted by molar-refractivity contribution is -0.122. The predicted octanol–water partition coefficient (Wildman–Crippen LogP) is 0.167. The summed E-state index contributed by atoms with van der Waals surface area (Å²) in [5.41, 5.74) is 5.57. The van der Waals surface area contributed by atoms with Crippen molar-refractivity contribution in [2.75, 3.05) is 6.61 Å². The van der Waals surface area contributed by atoms with Gasteiger partial charge in [-0.1, -0.05) is 6.08 Å². The molecule has 0 aromatic carbocycles. The number of hydrogen-bond acceptors (Lipinski definition) is 3. The fourth-order valence-corrected chi connectivity index (χ4v) is 1.11.